The van der Waals surface area contributed by atoms with E-state index in [-0.39, 0.29) is 5.96 Å². The van der Waals surface area contributed by atoms with E-state index in [2.05, 4.69) is 0 Å². The molecule has 0 bridgehead atoms. The van der Waals surface area contributed by atoms with E-state index in [4.69, 9.17) is 11.1 Å². The molecular weight excluding hydrogens is 257 g/mol. The normalized spacial score (nSPS) is 16.6. The highest BCUT2D eigenvalue weighted by Crippen LogP contribution is 2.31. The molecule has 4 nitrogen and oxygen atoms in total. The Labute approximate surface area is 109 Å². The summed E-state index contributed by atoms with van der Waals surface area (Å²) in [7, 11) is 0. The quantitative estimate of drug-likeness (QED) is 0.604. The van der Waals surface area contributed by atoms with Gasteiger partial charge in [0.15, 0.2) is 5.96 Å². The summed E-state index contributed by atoms with van der Waals surface area (Å²) in [6.07, 6.45) is -4.32. The van der Waals surface area contributed by atoms with Crippen LogP contribution in [0.3, 0.4) is 0 Å². The maximum atomic E-state index is 12.6. The first-order chi connectivity index (χ1) is 8.88. The molecule has 2 rings (SSSR count). The maximum Gasteiger partial charge on any atom is 0.416 e. The number of nitrogens with one attached hydrogen (secondary N) is 1. The Bertz CT molecular complexity index is 464. The second-order valence-corrected chi connectivity index (χ2v) is 4.41. The third-order valence-electron chi connectivity index (χ3n) is 3.16. The number of guanidine groups is 1. The van der Waals surface area contributed by atoms with E-state index in [1.807, 2.05) is 4.90 Å². The van der Waals surface area contributed by atoms with Crippen molar-refractivity contribution in [2.75, 3.05) is 31.1 Å². The molecule has 0 spiro atoms. The van der Waals surface area contributed by atoms with Crippen LogP contribution in [0.4, 0.5) is 18.9 Å². The number of hydrogen-bond acceptors (Lipinski definition) is 2. The Hall–Kier alpha value is -1.92. The summed E-state index contributed by atoms with van der Waals surface area (Å²) in [6, 6.07) is 5.30. The van der Waals surface area contributed by atoms with Gasteiger partial charge in [-0.1, -0.05) is 6.07 Å². The van der Waals surface area contributed by atoms with Crippen LogP contribution >= 0.6 is 0 Å². The second-order valence-electron chi connectivity index (χ2n) is 4.41. The average molecular weight is 272 g/mol. The van der Waals surface area contributed by atoms with Gasteiger partial charge in [0.05, 0.1) is 5.56 Å². The summed E-state index contributed by atoms with van der Waals surface area (Å²) in [5.41, 5.74) is 5.29. The van der Waals surface area contributed by atoms with E-state index in [1.54, 1.807) is 11.0 Å². The third-order valence-corrected chi connectivity index (χ3v) is 3.16. The first-order valence-corrected chi connectivity index (χ1v) is 5.89. The first kappa shape index (κ1) is 13.5. The van der Waals surface area contributed by atoms with Crippen molar-refractivity contribution in [3.05, 3.63) is 29.8 Å². The molecule has 104 valence electrons. The predicted octanol–water partition coefficient (Wildman–Crippen LogP) is 1.72. The van der Waals surface area contributed by atoms with Gasteiger partial charge in [0.1, 0.15) is 0 Å². The van der Waals surface area contributed by atoms with Gasteiger partial charge in [-0.2, -0.15) is 13.2 Å². The fourth-order valence-corrected chi connectivity index (χ4v) is 2.08. The van der Waals surface area contributed by atoms with Crippen LogP contribution in [0.25, 0.3) is 0 Å². The topological polar surface area (TPSA) is 56.4 Å². The van der Waals surface area contributed by atoms with Crippen molar-refractivity contribution in [1.29, 1.82) is 5.41 Å². The molecule has 1 aromatic carbocycles. The molecule has 7 heteroatoms. The van der Waals surface area contributed by atoms with Crippen LogP contribution in [0.15, 0.2) is 24.3 Å². The smallest absolute Gasteiger partial charge is 0.370 e. The number of rotatable bonds is 1. The van der Waals surface area contributed by atoms with E-state index in [0.29, 0.717) is 31.9 Å². The van der Waals surface area contributed by atoms with E-state index in [1.165, 1.54) is 6.07 Å². The Morgan fingerprint density at radius 1 is 1.16 bits per heavy atom. The van der Waals surface area contributed by atoms with Gasteiger partial charge in [-0.05, 0) is 18.2 Å². The zero-order chi connectivity index (χ0) is 14.0. The van der Waals surface area contributed by atoms with E-state index < -0.39 is 11.7 Å². The Morgan fingerprint density at radius 2 is 1.79 bits per heavy atom. The largest absolute Gasteiger partial charge is 0.416 e. The third kappa shape index (κ3) is 3.10. The Kier molecular flexibility index (Phi) is 3.55. The summed E-state index contributed by atoms with van der Waals surface area (Å²) in [4.78, 5) is 3.57. The van der Waals surface area contributed by atoms with Gasteiger partial charge in [-0.15, -0.1) is 0 Å². The number of halogens is 3. The second kappa shape index (κ2) is 4.99. The van der Waals surface area contributed by atoms with Crippen molar-refractivity contribution in [3.8, 4) is 0 Å². The summed E-state index contributed by atoms with van der Waals surface area (Å²) < 4.78 is 37.9. The fourth-order valence-electron chi connectivity index (χ4n) is 2.08. The molecule has 0 amide bonds. The molecule has 1 saturated heterocycles. The minimum absolute atomic E-state index is 0.00342. The van der Waals surface area contributed by atoms with Gasteiger partial charge in [-0.3, -0.25) is 5.41 Å². The van der Waals surface area contributed by atoms with E-state index in [9.17, 15) is 13.2 Å². The lowest BCUT2D eigenvalue weighted by atomic mass is 10.1. The lowest BCUT2D eigenvalue weighted by Crippen LogP contribution is -2.50. The number of nitrogens with zero attached hydrogens (tertiary/aromatic N) is 2. The highest BCUT2D eigenvalue weighted by molar-refractivity contribution is 5.75. The molecule has 1 aliphatic heterocycles. The Balaban J connectivity index is 2.10. The van der Waals surface area contributed by atoms with Crippen LogP contribution in [0.2, 0.25) is 0 Å². The molecule has 19 heavy (non-hydrogen) atoms. The van der Waals surface area contributed by atoms with Crippen LogP contribution in [0.1, 0.15) is 5.56 Å². The predicted molar refractivity (Wildman–Crippen MR) is 67.1 cm³/mol. The number of piperazine rings is 1. The first-order valence-electron chi connectivity index (χ1n) is 5.89. The van der Waals surface area contributed by atoms with Gasteiger partial charge in [0.25, 0.3) is 0 Å². The summed E-state index contributed by atoms with van der Waals surface area (Å²) in [5, 5.41) is 7.31. The number of hydrogen-bond donors (Lipinski definition) is 2. The molecule has 0 aromatic heterocycles. The molecule has 3 N–H and O–H groups in total. The van der Waals surface area contributed by atoms with Crippen LogP contribution < -0.4 is 10.6 Å². The lowest BCUT2D eigenvalue weighted by Gasteiger charge is -2.36. The molecule has 1 fully saturated rings. The molecule has 1 aromatic rings. The van der Waals surface area contributed by atoms with Gasteiger partial charge in [-0.25, -0.2) is 0 Å². The van der Waals surface area contributed by atoms with Gasteiger partial charge in [0.2, 0.25) is 0 Å². The highest BCUT2D eigenvalue weighted by Gasteiger charge is 2.31. The van der Waals surface area contributed by atoms with Crippen molar-refractivity contribution in [1.82, 2.24) is 4.90 Å². The van der Waals surface area contributed by atoms with Crippen LogP contribution in [-0.2, 0) is 6.18 Å². The average Bonchev–Trinajstić information content (AvgIpc) is 2.38. The molecule has 0 aliphatic carbocycles. The number of anilines is 1. The molecular formula is C12H15F3N4. The standard InChI is InChI=1S/C12H15F3N4/c13-12(14,15)9-2-1-3-10(8-9)18-4-6-19(7-5-18)11(16)17/h1-3,8H,4-7H2,(H3,16,17). The number of alkyl halides is 3. The highest BCUT2D eigenvalue weighted by atomic mass is 19.4. The molecule has 0 atom stereocenters. The van der Waals surface area contributed by atoms with Crippen molar-refractivity contribution < 1.29 is 13.2 Å². The fraction of sp³-hybridized carbons (Fsp3) is 0.417. The molecule has 1 heterocycles. The molecule has 0 unspecified atom stereocenters. The molecule has 1 aliphatic rings. The summed E-state index contributed by atoms with van der Waals surface area (Å²) in [6.45, 7) is 2.21. The monoisotopic (exact) mass is 272 g/mol. The minimum Gasteiger partial charge on any atom is -0.370 e. The maximum absolute atomic E-state index is 12.6. The lowest BCUT2D eigenvalue weighted by molar-refractivity contribution is -0.137. The van der Waals surface area contributed by atoms with Crippen molar-refractivity contribution >= 4 is 11.6 Å². The van der Waals surface area contributed by atoms with Crippen molar-refractivity contribution in [2.45, 2.75) is 6.18 Å². The molecule has 0 saturated carbocycles. The zero-order valence-corrected chi connectivity index (χ0v) is 10.2. The number of nitrogens with two attached hydrogens (primary N) is 1. The molecule has 0 radical (unpaired) electrons. The summed E-state index contributed by atoms with van der Waals surface area (Å²) in [5.74, 6) is 0.00342. The van der Waals surface area contributed by atoms with Gasteiger partial charge in [0, 0.05) is 31.9 Å². The zero-order valence-electron chi connectivity index (χ0n) is 10.2. The van der Waals surface area contributed by atoms with Crippen molar-refractivity contribution in [2.24, 2.45) is 5.73 Å². The SMILES string of the molecule is N=C(N)N1CCN(c2cccc(C(F)(F)F)c2)CC1. The van der Waals surface area contributed by atoms with Gasteiger partial charge < -0.3 is 15.5 Å². The van der Waals surface area contributed by atoms with E-state index in [0.717, 1.165) is 12.1 Å². The van der Waals surface area contributed by atoms with Crippen LogP contribution in [-0.4, -0.2) is 37.0 Å². The minimum atomic E-state index is -4.32. The van der Waals surface area contributed by atoms with Crippen LogP contribution in [0.5, 0.6) is 0 Å². The van der Waals surface area contributed by atoms with E-state index >= 15 is 0 Å². The summed E-state index contributed by atoms with van der Waals surface area (Å²) >= 11 is 0. The van der Waals surface area contributed by atoms with Crippen LogP contribution in [0, 0.1) is 5.41 Å². The van der Waals surface area contributed by atoms with Crippen molar-refractivity contribution in [3.63, 3.8) is 0 Å². The van der Waals surface area contributed by atoms with Gasteiger partial charge >= 0.3 is 6.18 Å². The number of benzene rings is 1. The Morgan fingerprint density at radius 3 is 2.32 bits per heavy atom.